The summed E-state index contributed by atoms with van der Waals surface area (Å²) in [4.78, 5) is 11.4. The van der Waals surface area contributed by atoms with Gasteiger partial charge in [0.05, 0.1) is 12.1 Å². The fourth-order valence-corrected chi connectivity index (χ4v) is 2.99. The summed E-state index contributed by atoms with van der Waals surface area (Å²) in [6.45, 7) is 2.49. The number of rotatable bonds is 7. The molecule has 4 N–H and O–H groups in total. The van der Waals surface area contributed by atoms with E-state index in [9.17, 15) is 15.0 Å². The van der Waals surface area contributed by atoms with Crippen molar-refractivity contribution < 1.29 is 15.0 Å². The maximum atomic E-state index is 11.4. The summed E-state index contributed by atoms with van der Waals surface area (Å²) >= 11 is 0. The molecular weight excluding hydrogens is 280 g/mol. The molecule has 1 aromatic carbocycles. The predicted octanol–water partition coefficient (Wildman–Crippen LogP) is 0.770. The lowest BCUT2D eigenvalue weighted by molar-refractivity contribution is -0.122. The molecule has 0 bridgehead atoms. The van der Waals surface area contributed by atoms with Gasteiger partial charge in [-0.25, -0.2) is 0 Å². The highest BCUT2D eigenvalue weighted by molar-refractivity contribution is 5.76. The topological polar surface area (TPSA) is 81.6 Å². The first kappa shape index (κ1) is 16.9. The third kappa shape index (κ3) is 4.29. The van der Waals surface area contributed by atoms with Gasteiger partial charge in [0.1, 0.15) is 0 Å². The second-order valence-electron chi connectivity index (χ2n) is 5.90. The Balaban J connectivity index is 1.85. The number of amides is 1. The van der Waals surface area contributed by atoms with Crippen molar-refractivity contribution in [2.24, 2.45) is 0 Å². The van der Waals surface area contributed by atoms with Gasteiger partial charge in [-0.05, 0) is 18.4 Å². The van der Waals surface area contributed by atoms with Gasteiger partial charge in [0.2, 0.25) is 5.91 Å². The van der Waals surface area contributed by atoms with Crippen LogP contribution >= 0.6 is 0 Å². The van der Waals surface area contributed by atoms with Crippen LogP contribution in [0.25, 0.3) is 0 Å². The summed E-state index contributed by atoms with van der Waals surface area (Å²) in [5.74, 6) is 0.0449. The first-order chi connectivity index (χ1) is 10.7. The van der Waals surface area contributed by atoms with Gasteiger partial charge >= 0.3 is 0 Å². The molecule has 5 nitrogen and oxygen atoms in total. The molecule has 1 amide bonds. The molecule has 122 valence electrons. The number of nitrogens with one attached hydrogen (secondary N) is 2. The lowest BCUT2D eigenvalue weighted by Gasteiger charge is -2.21. The second kappa shape index (κ2) is 8.27. The van der Waals surface area contributed by atoms with Crippen molar-refractivity contribution in [3.63, 3.8) is 0 Å². The fourth-order valence-electron chi connectivity index (χ4n) is 2.99. The van der Waals surface area contributed by atoms with E-state index in [4.69, 9.17) is 0 Å². The Kier molecular flexibility index (Phi) is 6.36. The van der Waals surface area contributed by atoms with Crippen LogP contribution < -0.4 is 10.6 Å². The van der Waals surface area contributed by atoms with Crippen molar-refractivity contribution in [2.75, 3.05) is 13.2 Å². The molecule has 1 unspecified atom stereocenters. The number of carbonyl (C=O) groups excluding carboxylic acids is 1. The monoisotopic (exact) mass is 306 g/mol. The average Bonchev–Trinajstić information content (AvgIpc) is 2.89. The summed E-state index contributed by atoms with van der Waals surface area (Å²) in [5, 5.41) is 26.0. The molecule has 0 saturated carbocycles. The molecule has 0 spiro atoms. The summed E-state index contributed by atoms with van der Waals surface area (Å²) in [6, 6.07) is 9.67. The molecule has 1 saturated heterocycles. The van der Waals surface area contributed by atoms with Crippen molar-refractivity contribution in [2.45, 2.75) is 50.3 Å². The third-order valence-electron chi connectivity index (χ3n) is 4.41. The molecule has 1 fully saturated rings. The van der Waals surface area contributed by atoms with Crippen LogP contribution in [-0.4, -0.2) is 47.5 Å². The first-order valence-corrected chi connectivity index (χ1v) is 8.02. The van der Waals surface area contributed by atoms with Crippen LogP contribution in [0.3, 0.4) is 0 Å². The van der Waals surface area contributed by atoms with Crippen LogP contribution in [0.1, 0.15) is 37.7 Å². The zero-order valence-corrected chi connectivity index (χ0v) is 13.0. The van der Waals surface area contributed by atoms with E-state index in [2.05, 4.69) is 10.6 Å². The number of carbonyl (C=O) groups is 1. The molecule has 1 heterocycles. The minimum Gasteiger partial charge on any atom is -0.396 e. The molecule has 0 aromatic heterocycles. The van der Waals surface area contributed by atoms with E-state index in [1.807, 2.05) is 30.3 Å². The maximum Gasteiger partial charge on any atom is 0.220 e. The van der Waals surface area contributed by atoms with Gasteiger partial charge in [-0.2, -0.15) is 0 Å². The molecule has 1 aromatic rings. The van der Waals surface area contributed by atoms with Crippen LogP contribution in [-0.2, 0) is 4.79 Å². The van der Waals surface area contributed by atoms with Crippen LogP contribution in [0.4, 0.5) is 0 Å². The van der Waals surface area contributed by atoms with Gasteiger partial charge in [-0.3, -0.25) is 4.79 Å². The summed E-state index contributed by atoms with van der Waals surface area (Å²) in [7, 11) is 0. The van der Waals surface area contributed by atoms with Gasteiger partial charge in [0.15, 0.2) is 0 Å². The highest BCUT2D eigenvalue weighted by Gasteiger charge is 2.35. The van der Waals surface area contributed by atoms with Crippen molar-refractivity contribution in [1.82, 2.24) is 10.6 Å². The van der Waals surface area contributed by atoms with Gasteiger partial charge in [0, 0.05) is 31.5 Å². The van der Waals surface area contributed by atoms with Gasteiger partial charge in [-0.15, -0.1) is 0 Å². The van der Waals surface area contributed by atoms with Crippen molar-refractivity contribution in [3.05, 3.63) is 35.9 Å². The van der Waals surface area contributed by atoms with Gasteiger partial charge in [0.25, 0.3) is 0 Å². The number of benzene rings is 1. The predicted molar refractivity (Wildman–Crippen MR) is 85.5 cm³/mol. The smallest absolute Gasteiger partial charge is 0.220 e. The van der Waals surface area contributed by atoms with E-state index in [0.29, 0.717) is 13.0 Å². The third-order valence-corrected chi connectivity index (χ3v) is 4.41. The molecule has 2 rings (SSSR count). The van der Waals surface area contributed by atoms with Gasteiger partial charge in [-0.1, -0.05) is 37.3 Å². The molecule has 1 aliphatic rings. The average molecular weight is 306 g/mol. The largest absolute Gasteiger partial charge is 0.396 e. The summed E-state index contributed by atoms with van der Waals surface area (Å²) in [5.41, 5.74) is 1.12. The van der Waals surface area contributed by atoms with Crippen molar-refractivity contribution in [3.8, 4) is 0 Å². The minimum atomic E-state index is -0.578. The quantitative estimate of drug-likeness (QED) is 0.600. The number of hydrogen-bond acceptors (Lipinski definition) is 4. The van der Waals surface area contributed by atoms with Gasteiger partial charge < -0.3 is 20.8 Å². The minimum absolute atomic E-state index is 0.0379. The second-order valence-corrected chi connectivity index (χ2v) is 5.90. The highest BCUT2D eigenvalue weighted by atomic mass is 16.3. The van der Waals surface area contributed by atoms with Crippen molar-refractivity contribution >= 4 is 5.91 Å². The molecular formula is C17H26N2O3. The molecule has 0 radical (unpaired) electrons. The number of aliphatic hydroxyl groups excluding tert-OH is 2. The summed E-state index contributed by atoms with van der Waals surface area (Å²) in [6.07, 6.45) is 1.41. The Hall–Kier alpha value is -1.43. The van der Waals surface area contributed by atoms with Crippen LogP contribution in [0, 0.1) is 0 Å². The molecule has 4 atom stereocenters. The van der Waals surface area contributed by atoms with Crippen LogP contribution in [0.5, 0.6) is 0 Å². The molecule has 5 heteroatoms. The molecule has 22 heavy (non-hydrogen) atoms. The van der Waals surface area contributed by atoms with E-state index in [0.717, 1.165) is 18.4 Å². The normalized spacial score (nSPS) is 25.9. The van der Waals surface area contributed by atoms with E-state index < -0.39 is 6.10 Å². The Morgan fingerprint density at radius 2 is 2.14 bits per heavy atom. The first-order valence-electron chi connectivity index (χ1n) is 8.02. The highest BCUT2D eigenvalue weighted by Crippen LogP contribution is 2.23. The van der Waals surface area contributed by atoms with Crippen LogP contribution in [0.15, 0.2) is 30.3 Å². The van der Waals surface area contributed by atoms with E-state index in [1.165, 1.54) is 0 Å². The lowest BCUT2D eigenvalue weighted by Crippen LogP contribution is -2.44. The Morgan fingerprint density at radius 1 is 1.41 bits per heavy atom. The van der Waals surface area contributed by atoms with Crippen molar-refractivity contribution in [1.29, 1.82) is 0 Å². The summed E-state index contributed by atoms with van der Waals surface area (Å²) < 4.78 is 0. The Labute approximate surface area is 131 Å². The van der Waals surface area contributed by atoms with Crippen LogP contribution in [0.2, 0.25) is 0 Å². The maximum absolute atomic E-state index is 11.4. The fraction of sp³-hybridized carbons (Fsp3) is 0.588. The van der Waals surface area contributed by atoms with E-state index in [1.54, 1.807) is 6.92 Å². The number of hydrogen-bond donors (Lipinski definition) is 4. The standard InChI is InChI=1S/C17H26N2O3/c1-2-16(21)19-15-10-18-14(17(15)22)9-8-13(11-20)12-6-4-3-5-7-12/h3-7,13-15,17-18,20,22H,2,8-11H2,1H3,(H,19,21)/t13?,14-,15-,17-/m0/s1. The lowest BCUT2D eigenvalue weighted by atomic mass is 9.92. The SMILES string of the molecule is CCC(=O)N[C@H]1CN[C@@H](CCC(CO)c2ccccc2)[C@@H]1O. The van der Waals surface area contributed by atoms with E-state index >= 15 is 0 Å². The molecule has 0 aliphatic carbocycles. The Bertz CT molecular complexity index is 466. The number of aliphatic hydroxyl groups is 2. The zero-order chi connectivity index (χ0) is 15.9. The Morgan fingerprint density at radius 3 is 2.77 bits per heavy atom. The van der Waals surface area contributed by atoms with E-state index in [-0.39, 0.29) is 30.5 Å². The molecule has 1 aliphatic heterocycles. The zero-order valence-electron chi connectivity index (χ0n) is 13.0.